The zero-order valence-electron chi connectivity index (χ0n) is 10.3. The van der Waals surface area contributed by atoms with Crippen LogP contribution in [0.1, 0.15) is 39.5 Å². The van der Waals surface area contributed by atoms with Gasteiger partial charge in [-0.05, 0) is 18.8 Å². The summed E-state index contributed by atoms with van der Waals surface area (Å²) >= 11 is 0. The summed E-state index contributed by atoms with van der Waals surface area (Å²) in [6.45, 7) is 5.17. The van der Waals surface area contributed by atoms with Crippen LogP contribution in [-0.4, -0.2) is 36.2 Å². The maximum absolute atomic E-state index is 11.4. The first-order chi connectivity index (χ1) is 7.59. The van der Waals surface area contributed by atoms with Crippen molar-refractivity contribution in [1.82, 2.24) is 10.6 Å². The number of carbonyl (C=O) groups is 1. The molecule has 0 aromatic heterocycles. The maximum atomic E-state index is 11.4. The molecule has 0 bridgehead atoms. The second-order valence-electron chi connectivity index (χ2n) is 5.04. The standard InChI is InChI=1S/C12H24N2O2/c1-9(2)7-14-12(16)8-13-10-5-3-4-6-11(10)15/h9-11,13,15H,3-8H2,1-2H3,(H,14,16)/t10-,11-/m0/s1. The molecule has 4 heteroatoms. The molecule has 3 N–H and O–H groups in total. The normalized spacial score (nSPS) is 25.8. The molecule has 0 heterocycles. The highest BCUT2D eigenvalue weighted by molar-refractivity contribution is 5.78. The zero-order valence-corrected chi connectivity index (χ0v) is 10.3. The molecule has 0 spiro atoms. The number of amides is 1. The van der Waals surface area contributed by atoms with Gasteiger partial charge in [-0.3, -0.25) is 4.79 Å². The third kappa shape index (κ3) is 4.94. The number of hydrogen-bond donors (Lipinski definition) is 3. The lowest BCUT2D eigenvalue weighted by Crippen LogP contribution is -2.46. The van der Waals surface area contributed by atoms with Crippen molar-refractivity contribution in [1.29, 1.82) is 0 Å². The van der Waals surface area contributed by atoms with Crippen LogP contribution in [-0.2, 0) is 4.79 Å². The quantitative estimate of drug-likeness (QED) is 0.647. The second-order valence-corrected chi connectivity index (χ2v) is 5.04. The highest BCUT2D eigenvalue weighted by Crippen LogP contribution is 2.17. The average molecular weight is 228 g/mol. The van der Waals surface area contributed by atoms with Crippen molar-refractivity contribution in [2.75, 3.05) is 13.1 Å². The summed E-state index contributed by atoms with van der Waals surface area (Å²) < 4.78 is 0. The molecule has 1 aliphatic carbocycles. The fourth-order valence-corrected chi connectivity index (χ4v) is 1.95. The van der Waals surface area contributed by atoms with Gasteiger partial charge in [0, 0.05) is 12.6 Å². The molecule has 2 atom stereocenters. The van der Waals surface area contributed by atoms with E-state index in [4.69, 9.17) is 0 Å². The molecule has 1 saturated carbocycles. The van der Waals surface area contributed by atoms with E-state index in [1.54, 1.807) is 0 Å². The topological polar surface area (TPSA) is 61.4 Å². The average Bonchev–Trinajstić information content (AvgIpc) is 2.25. The molecule has 4 nitrogen and oxygen atoms in total. The van der Waals surface area contributed by atoms with E-state index in [9.17, 15) is 9.90 Å². The Balaban J connectivity index is 2.15. The van der Waals surface area contributed by atoms with E-state index in [2.05, 4.69) is 24.5 Å². The van der Waals surface area contributed by atoms with Crippen molar-refractivity contribution in [2.45, 2.75) is 51.7 Å². The van der Waals surface area contributed by atoms with Crippen molar-refractivity contribution in [3.05, 3.63) is 0 Å². The van der Waals surface area contributed by atoms with Gasteiger partial charge in [-0.2, -0.15) is 0 Å². The van der Waals surface area contributed by atoms with Gasteiger partial charge in [0.05, 0.1) is 12.6 Å². The lowest BCUT2D eigenvalue weighted by molar-refractivity contribution is -0.120. The minimum absolute atomic E-state index is 0.0199. The maximum Gasteiger partial charge on any atom is 0.233 e. The van der Waals surface area contributed by atoms with Crippen LogP contribution in [0.15, 0.2) is 0 Å². The Hall–Kier alpha value is -0.610. The van der Waals surface area contributed by atoms with Crippen molar-refractivity contribution in [2.24, 2.45) is 5.92 Å². The van der Waals surface area contributed by atoms with Crippen molar-refractivity contribution < 1.29 is 9.90 Å². The molecule has 1 fully saturated rings. The summed E-state index contributed by atoms with van der Waals surface area (Å²) in [5.41, 5.74) is 0. The number of aliphatic hydroxyl groups excluding tert-OH is 1. The lowest BCUT2D eigenvalue weighted by Gasteiger charge is -2.28. The monoisotopic (exact) mass is 228 g/mol. The molecule has 0 radical (unpaired) electrons. The van der Waals surface area contributed by atoms with E-state index in [1.807, 2.05) is 0 Å². The largest absolute Gasteiger partial charge is 0.392 e. The molecule has 1 amide bonds. The van der Waals surface area contributed by atoms with Crippen LogP contribution in [0.2, 0.25) is 0 Å². The summed E-state index contributed by atoms with van der Waals surface area (Å²) in [5, 5.41) is 15.7. The summed E-state index contributed by atoms with van der Waals surface area (Å²) in [6.07, 6.45) is 3.78. The molecule has 0 aromatic carbocycles. The molecule has 16 heavy (non-hydrogen) atoms. The number of hydrogen-bond acceptors (Lipinski definition) is 3. The van der Waals surface area contributed by atoms with Crippen LogP contribution in [0, 0.1) is 5.92 Å². The zero-order chi connectivity index (χ0) is 12.0. The highest BCUT2D eigenvalue weighted by atomic mass is 16.3. The van der Waals surface area contributed by atoms with Gasteiger partial charge >= 0.3 is 0 Å². The molecule has 0 unspecified atom stereocenters. The molecule has 1 rings (SSSR count). The van der Waals surface area contributed by atoms with Gasteiger partial charge in [-0.1, -0.05) is 26.7 Å². The molecular formula is C12H24N2O2. The first-order valence-electron chi connectivity index (χ1n) is 6.27. The summed E-state index contributed by atoms with van der Waals surface area (Å²) in [5.74, 6) is 0.496. The minimum Gasteiger partial charge on any atom is -0.392 e. The Labute approximate surface area is 97.8 Å². The van der Waals surface area contributed by atoms with Gasteiger partial charge in [-0.15, -0.1) is 0 Å². The van der Waals surface area contributed by atoms with Crippen molar-refractivity contribution in [3.8, 4) is 0 Å². The van der Waals surface area contributed by atoms with Crippen LogP contribution in [0.4, 0.5) is 0 Å². The molecule has 0 saturated heterocycles. The van der Waals surface area contributed by atoms with E-state index in [0.717, 1.165) is 25.7 Å². The highest BCUT2D eigenvalue weighted by Gasteiger charge is 2.22. The van der Waals surface area contributed by atoms with E-state index in [0.29, 0.717) is 19.0 Å². The Bertz CT molecular complexity index is 219. The predicted octanol–water partition coefficient (Wildman–Crippen LogP) is 0.652. The number of aliphatic hydroxyl groups is 1. The predicted molar refractivity (Wildman–Crippen MR) is 64.1 cm³/mol. The molecule has 94 valence electrons. The van der Waals surface area contributed by atoms with E-state index in [-0.39, 0.29) is 18.1 Å². The fourth-order valence-electron chi connectivity index (χ4n) is 1.95. The Morgan fingerprint density at radius 2 is 2.06 bits per heavy atom. The van der Waals surface area contributed by atoms with Gasteiger partial charge in [0.2, 0.25) is 5.91 Å². The minimum atomic E-state index is -0.286. The molecule has 0 aliphatic heterocycles. The molecule has 1 aliphatic rings. The van der Waals surface area contributed by atoms with E-state index >= 15 is 0 Å². The summed E-state index contributed by atoms with van der Waals surface area (Å²) in [7, 11) is 0. The van der Waals surface area contributed by atoms with Gasteiger partial charge < -0.3 is 15.7 Å². The van der Waals surface area contributed by atoms with Crippen LogP contribution >= 0.6 is 0 Å². The van der Waals surface area contributed by atoms with Crippen LogP contribution in [0.3, 0.4) is 0 Å². The SMILES string of the molecule is CC(C)CNC(=O)CN[C@H]1CCCC[C@@H]1O. The van der Waals surface area contributed by atoms with Gasteiger partial charge in [0.1, 0.15) is 0 Å². The van der Waals surface area contributed by atoms with Gasteiger partial charge in [0.25, 0.3) is 0 Å². The van der Waals surface area contributed by atoms with Crippen molar-refractivity contribution >= 4 is 5.91 Å². The Morgan fingerprint density at radius 1 is 1.38 bits per heavy atom. The van der Waals surface area contributed by atoms with Crippen molar-refractivity contribution in [3.63, 3.8) is 0 Å². The summed E-state index contributed by atoms with van der Waals surface area (Å²) in [4.78, 5) is 11.4. The van der Waals surface area contributed by atoms with E-state index < -0.39 is 0 Å². The first-order valence-corrected chi connectivity index (χ1v) is 6.27. The van der Waals surface area contributed by atoms with Gasteiger partial charge in [0.15, 0.2) is 0 Å². The number of nitrogens with one attached hydrogen (secondary N) is 2. The van der Waals surface area contributed by atoms with Gasteiger partial charge in [-0.25, -0.2) is 0 Å². The Morgan fingerprint density at radius 3 is 2.69 bits per heavy atom. The Kier molecular flexibility index (Phi) is 5.77. The third-order valence-electron chi connectivity index (χ3n) is 2.96. The molecule has 0 aromatic rings. The second kappa shape index (κ2) is 6.86. The number of rotatable bonds is 5. The summed E-state index contributed by atoms with van der Waals surface area (Å²) in [6, 6.07) is 0.0959. The smallest absolute Gasteiger partial charge is 0.233 e. The molecular weight excluding hydrogens is 204 g/mol. The van der Waals surface area contributed by atoms with Crippen LogP contribution < -0.4 is 10.6 Å². The van der Waals surface area contributed by atoms with E-state index in [1.165, 1.54) is 0 Å². The first kappa shape index (κ1) is 13.5. The van der Waals surface area contributed by atoms with Crippen LogP contribution in [0.5, 0.6) is 0 Å². The third-order valence-corrected chi connectivity index (χ3v) is 2.96. The van der Waals surface area contributed by atoms with Crippen LogP contribution in [0.25, 0.3) is 0 Å². The fraction of sp³-hybridized carbons (Fsp3) is 0.917. The number of carbonyl (C=O) groups excluding carboxylic acids is 1. The lowest BCUT2D eigenvalue weighted by atomic mass is 9.92.